The number of nitrogens with one attached hydrogen (secondary N) is 2. The smallest absolute Gasteiger partial charge is 0.225 e. The Morgan fingerprint density at radius 3 is 2.63 bits per heavy atom. The highest BCUT2D eigenvalue weighted by Crippen LogP contribution is 2.27. The van der Waals surface area contributed by atoms with Crippen molar-refractivity contribution in [2.24, 2.45) is 10.9 Å². The van der Waals surface area contributed by atoms with Crippen molar-refractivity contribution in [3.63, 3.8) is 0 Å². The van der Waals surface area contributed by atoms with Crippen LogP contribution in [0.5, 0.6) is 0 Å². The predicted octanol–water partition coefficient (Wildman–Crippen LogP) is 2.00. The molecule has 8 heteroatoms. The van der Waals surface area contributed by atoms with Gasteiger partial charge < -0.3 is 25.0 Å². The number of hydrogen-bond donors (Lipinski definition) is 2. The minimum atomic E-state index is 0. The summed E-state index contributed by atoms with van der Waals surface area (Å²) in [5.41, 5.74) is 0. The van der Waals surface area contributed by atoms with Crippen LogP contribution < -0.4 is 10.6 Å². The molecule has 2 N–H and O–H groups in total. The number of likely N-dealkylation sites (tertiary alicyclic amines) is 1. The van der Waals surface area contributed by atoms with E-state index in [1.165, 1.54) is 12.8 Å². The van der Waals surface area contributed by atoms with E-state index in [1.807, 2.05) is 4.90 Å². The fraction of sp³-hybridized carbons (Fsp3) is 0.895. The number of amides is 1. The third kappa shape index (κ3) is 8.95. The molecule has 27 heavy (non-hydrogen) atoms. The Morgan fingerprint density at radius 2 is 1.93 bits per heavy atom. The van der Waals surface area contributed by atoms with E-state index in [0.29, 0.717) is 25.2 Å². The number of carbonyl (C=O) groups is 1. The average Bonchev–Trinajstić information content (AvgIpc) is 3.34. The van der Waals surface area contributed by atoms with Crippen molar-refractivity contribution in [1.29, 1.82) is 0 Å². The molecular weight excluding hydrogens is 459 g/mol. The van der Waals surface area contributed by atoms with Crippen LogP contribution in [0.25, 0.3) is 0 Å². The number of aliphatic imine (C=N–C) groups is 1. The van der Waals surface area contributed by atoms with Crippen molar-refractivity contribution in [2.45, 2.75) is 51.0 Å². The van der Waals surface area contributed by atoms with Gasteiger partial charge in [0.05, 0.1) is 13.2 Å². The lowest BCUT2D eigenvalue weighted by Gasteiger charge is -2.21. The highest BCUT2D eigenvalue weighted by molar-refractivity contribution is 14.0. The van der Waals surface area contributed by atoms with Crippen LogP contribution in [0.1, 0.15) is 44.9 Å². The zero-order chi connectivity index (χ0) is 18.6. The minimum Gasteiger partial charge on any atom is -0.382 e. The zero-order valence-corrected chi connectivity index (χ0v) is 19.2. The molecule has 1 unspecified atom stereocenters. The van der Waals surface area contributed by atoms with E-state index in [-0.39, 0.29) is 29.9 Å². The van der Waals surface area contributed by atoms with Crippen molar-refractivity contribution in [3.8, 4) is 0 Å². The first-order chi connectivity index (χ1) is 12.7. The van der Waals surface area contributed by atoms with E-state index in [9.17, 15) is 4.79 Å². The first kappa shape index (κ1) is 24.4. The third-order valence-corrected chi connectivity index (χ3v) is 5.21. The van der Waals surface area contributed by atoms with Crippen molar-refractivity contribution in [3.05, 3.63) is 0 Å². The van der Waals surface area contributed by atoms with Gasteiger partial charge in [-0.2, -0.15) is 0 Å². The van der Waals surface area contributed by atoms with Crippen molar-refractivity contribution < 1.29 is 14.3 Å². The summed E-state index contributed by atoms with van der Waals surface area (Å²) in [6.07, 6.45) is 7.61. The second-order valence-electron chi connectivity index (χ2n) is 7.21. The standard InChI is InChI=1S/C19H36N4O3.HI/c1-20-19(21-10-5-6-12-26-14-13-25-2)22-17-9-11-23(15-17)18(24)16-7-3-4-8-16;/h16-17H,3-15H2,1-2H3,(H2,20,21,22);1H. The van der Waals surface area contributed by atoms with Gasteiger partial charge in [0, 0.05) is 52.4 Å². The van der Waals surface area contributed by atoms with Crippen LogP contribution in [-0.4, -0.2) is 76.4 Å². The molecule has 1 aliphatic carbocycles. The Balaban J connectivity index is 0.00000364. The number of halogens is 1. The third-order valence-electron chi connectivity index (χ3n) is 5.21. The summed E-state index contributed by atoms with van der Waals surface area (Å²) in [4.78, 5) is 18.9. The molecule has 0 aromatic heterocycles. The maximum absolute atomic E-state index is 12.5. The molecule has 1 saturated carbocycles. The topological polar surface area (TPSA) is 75.2 Å². The highest BCUT2D eigenvalue weighted by Gasteiger charge is 2.32. The highest BCUT2D eigenvalue weighted by atomic mass is 127. The Kier molecular flexibility index (Phi) is 13.0. The number of nitrogens with zero attached hydrogens (tertiary/aromatic N) is 2. The quantitative estimate of drug-likeness (QED) is 0.210. The summed E-state index contributed by atoms with van der Waals surface area (Å²) in [5, 5.41) is 6.81. The van der Waals surface area contributed by atoms with Gasteiger partial charge in [-0.15, -0.1) is 24.0 Å². The number of rotatable bonds is 10. The van der Waals surface area contributed by atoms with Gasteiger partial charge in [0.25, 0.3) is 0 Å². The van der Waals surface area contributed by atoms with E-state index in [4.69, 9.17) is 9.47 Å². The lowest BCUT2D eigenvalue weighted by atomic mass is 10.1. The van der Waals surface area contributed by atoms with Crippen LogP contribution in [0, 0.1) is 5.92 Å². The maximum atomic E-state index is 12.5. The van der Waals surface area contributed by atoms with Gasteiger partial charge in [-0.1, -0.05) is 12.8 Å². The van der Waals surface area contributed by atoms with Gasteiger partial charge in [0.1, 0.15) is 0 Å². The SMILES string of the molecule is CN=C(NCCCCOCCOC)NC1CCN(C(=O)C2CCCC2)C1.I. The molecular formula is C19H37IN4O3. The molecule has 0 radical (unpaired) electrons. The van der Waals surface area contributed by atoms with E-state index in [2.05, 4.69) is 15.6 Å². The van der Waals surface area contributed by atoms with Gasteiger partial charge in [0.15, 0.2) is 5.96 Å². The molecule has 1 saturated heterocycles. The molecule has 2 rings (SSSR count). The summed E-state index contributed by atoms with van der Waals surface area (Å²) >= 11 is 0. The van der Waals surface area contributed by atoms with Crippen molar-refractivity contribution in [1.82, 2.24) is 15.5 Å². The summed E-state index contributed by atoms with van der Waals surface area (Å²) in [6, 6.07) is 0.295. The molecule has 0 spiro atoms. The molecule has 1 aliphatic heterocycles. The summed E-state index contributed by atoms with van der Waals surface area (Å²) < 4.78 is 10.4. The molecule has 0 aromatic rings. The van der Waals surface area contributed by atoms with E-state index in [1.54, 1.807) is 14.2 Å². The number of carbonyl (C=O) groups excluding carboxylic acids is 1. The number of unbranched alkanes of at least 4 members (excludes halogenated alkanes) is 1. The van der Waals surface area contributed by atoms with Crippen LogP contribution in [0.2, 0.25) is 0 Å². The van der Waals surface area contributed by atoms with Crippen LogP contribution in [-0.2, 0) is 14.3 Å². The first-order valence-electron chi connectivity index (χ1n) is 10.1. The molecule has 158 valence electrons. The summed E-state index contributed by atoms with van der Waals surface area (Å²) in [7, 11) is 3.47. The second kappa shape index (κ2) is 14.4. The van der Waals surface area contributed by atoms with E-state index in [0.717, 1.165) is 64.3 Å². The lowest BCUT2D eigenvalue weighted by molar-refractivity contribution is -0.134. The number of ether oxygens (including phenoxy) is 2. The Bertz CT molecular complexity index is 445. The molecule has 2 fully saturated rings. The second-order valence-corrected chi connectivity index (χ2v) is 7.21. The Labute approximate surface area is 181 Å². The molecule has 1 amide bonds. The fourth-order valence-corrected chi connectivity index (χ4v) is 3.68. The zero-order valence-electron chi connectivity index (χ0n) is 16.9. The van der Waals surface area contributed by atoms with Crippen LogP contribution >= 0.6 is 24.0 Å². The van der Waals surface area contributed by atoms with Gasteiger partial charge in [-0.3, -0.25) is 9.79 Å². The molecule has 0 bridgehead atoms. The Morgan fingerprint density at radius 1 is 1.15 bits per heavy atom. The number of methoxy groups -OCH3 is 1. The number of guanidine groups is 1. The van der Waals surface area contributed by atoms with E-state index < -0.39 is 0 Å². The minimum absolute atomic E-state index is 0. The Hall–Kier alpha value is -0.610. The van der Waals surface area contributed by atoms with Crippen molar-refractivity contribution >= 4 is 35.8 Å². The van der Waals surface area contributed by atoms with E-state index >= 15 is 0 Å². The molecule has 1 atom stereocenters. The largest absolute Gasteiger partial charge is 0.382 e. The van der Waals surface area contributed by atoms with Crippen LogP contribution in [0.4, 0.5) is 0 Å². The first-order valence-corrected chi connectivity index (χ1v) is 10.1. The van der Waals surface area contributed by atoms with Gasteiger partial charge in [-0.25, -0.2) is 0 Å². The van der Waals surface area contributed by atoms with Gasteiger partial charge in [-0.05, 0) is 32.1 Å². The van der Waals surface area contributed by atoms with Crippen molar-refractivity contribution in [2.75, 3.05) is 53.6 Å². The number of hydrogen-bond acceptors (Lipinski definition) is 4. The van der Waals surface area contributed by atoms with Gasteiger partial charge >= 0.3 is 0 Å². The average molecular weight is 496 g/mol. The lowest BCUT2D eigenvalue weighted by Crippen LogP contribution is -2.45. The molecule has 1 heterocycles. The molecule has 7 nitrogen and oxygen atoms in total. The normalized spacial score (nSPS) is 20.6. The molecule has 2 aliphatic rings. The van der Waals surface area contributed by atoms with Crippen LogP contribution in [0.3, 0.4) is 0 Å². The monoisotopic (exact) mass is 496 g/mol. The summed E-state index contributed by atoms with van der Waals surface area (Å²) in [5.74, 6) is 1.46. The summed E-state index contributed by atoms with van der Waals surface area (Å²) in [6.45, 7) is 4.59. The molecule has 0 aromatic carbocycles. The van der Waals surface area contributed by atoms with Gasteiger partial charge in [0.2, 0.25) is 5.91 Å². The maximum Gasteiger partial charge on any atom is 0.225 e. The predicted molar refractivity (Wildman–Crippen MR) is 119 cm³/mol. The fourth-order valence-electron chi connectivity index (χ4n) is 3.68. The van der Waals surface area contributed by atoms with Crippen LogP contribution in [0.15, 0.2) is 4.99 Å².